The minimum absolute atomic E-state index is 0.00963. The lowest BCUT2D eigenvalue weighted by molar-refractivity contribution is -0.141. The summed E-state index contributed by atoms with van der Waals surface area (Å²) in [5, 5.41) is -0.00963. The van der Waals surface area contributed by atoms with Crippen molar-refractivity contribution in [3.05, 3.63) is 124 Å². The minimum atomic E-state index is -4.67. The molecule has 0 fully saturated rings. The van der Waals surface area contributed by atoms with Crippen molar-refractivity contribution in [2.24, 2.45) is 0 Å². The zero-order chi connectivity index (χ0) is 29.7. The molecule has 0 radical (unpaired) electrons. The van der Waals surface area contributed by atoms with Crippen molar-refractivity contribution in [3.63, 3.8) is 0 Å². The summed E-state index contributed by atoms with van der Waals surface area (Å²) in [5.41, 5.74) is 2.86. The predicted octanol–water partition coefficient (Wildman–Crippen LogP) is 7.35. The number of rotatable bonds is 9. The number of ether oxygens (including phenoxy) is 2. The molecule has 5 aromatic rings. The second kappa shape index (κ2) is 12.5. The van der Waals surface area contributed by atoms with Gasteiger partial charge < -0.3 is 14.0 Å². The summed E-state index contributed by atoms with van der Waals surface area (Å²) in [6.45, 7) is 0.171. The summed E-state index contributed by atoms with van der Waals surface area (Å²) >= 11 is 1.12. The van der Waals surface area contributed by atoms with Crippen molar-refractivity contribution < 1.29 is 22.6 Å². The first kappa shape index (κ1) is 28.9. The Morgan fingerprint density at radius 2 is 1.43 bits per heavy atom. The van der Waals surface area contributed by atoms with E-state index < -0.39 is 11.9 Å². The van der Waals surface area contributed by atoms with E-state index in [1.54, 1.807) is 18.2 Å². The Kier molecular flexibility index (Phi) is 8.63. The monoisotopic (exact) mass is 589 g/mol. The van der Waals surface area contributed by atoms with Crippen LogP contribution in [0.2, 0.25) is 0 Å². The first-order valence-electron chi connectivity index (χ1n) is 12.9. The summed E-state index contributed by atoms with van der Waals surface area (Å²) in [6, 6.07) is 26.7. The van der Waals surface area contributed by atoms with Gasteiger partial charge in [-0.05, 0) is 46.5 Å². The van der Waals surface area contributed by atoms with Crippen LogP contribution in [0.1, 0.15) is 16.8 Å². The summed E-state index contributed by atoms with van der Waals surface area (Å²) in [4.78, 5) is 20.9. The molecule has 0 atom stereocenters. The number of pyridine rings is 1. The van der Waals surface area contributed by atoms with Gasteiger partial charge >= 0.3 is 6.18 Å². The van der Waals surface area contributed by atoms with E-state index in [-0.39, 0.29) is 23.0 Å². The van der Waals surface area contributed by atoms with Crippen molar-refractivity contribution in [3.8, 4) is 33.9 Å². The van der Waals surface area contributed by atoms with Crippen LogP contribution in [-0.4, -0.2) is 28.8 Å². The van der Waals surface area contributed by atoms with Gasteiger partial charge in [0.2, 0.25) is 0 Å². The first-order valence-corrected chi connectivity index (χ1v) is 13.9. The van der Waals surface area contributed by atoms with Gasteiger partial charge in [0, 0.05) is 23.6 Å². The fourth-order valence-corrected chi connectivity index (χ4v) is 5.15. The van der Waals surface area contributed by atoms with E-state index in [4.69, 9.17) is 9.47 Å². The number of methoxy groups -OCH3 is 2. The Balaban J connectivity index is 1.41. The fourth-order valence-electron chi connectivity index (χ4n) is 4.34. The van der Waals surface area contributed by atoms with Crippen molar-refractivity contribution in [1.29, 1.82) is 0 Å². The third-order valence-electron chi connectivity index (χ3n) is 6.51. The van der Waals surface area contributed by atoms with Crippen LogP contribution in [-0.2, 0) is 18.5 Å². The normalized spacial score (nSPS) is 11.4. The van der Waals surface area contributed by atoms with Crippen LogP contribution in [0, 0.1) is 0 Å². The molecule has 0 spiro atoms. The highest BCUT2D eigenvalue weighted by atomic mass is 32.2. The molecule has 0 saturated heterocycles. The van der Waals surface area contributed by atoms with E-state index in [0.29, 0.717) is 22.8 Å². The van der Waals surface area contributed by atoms with Gasteiger partial charge in [-0.25, -0.2) is 9.97 Å². The van der Waals surface area contributed by atoms with E-state index in [0.717, 1.165) is 40.1 Å². The molecule has 0 unspecified atom stereocenters. The number of aromatic nitrogens is 3. The topological polar surface area (TPSA) is 66.2 Å². The van der Waals surface area contributed by atoms with Gasteiger partial charge in [-0.15, -0.1) is 0 Å². The standard InChI is InChI=1S/C32H26F3N3O3S/c1-40-27-14-10-22(16-28(27)41-2)18-38-19-25(13-15-30(38)39)26-17-29(32(33,34)35)37-31(36-26)42-20-21-8-11-24(12-9-21)23-6-4-3-5-7-23/h3-17,19H,18,20H2,1-2H3. The summed E-state index contributed by atoms with van der Waals surface area (Å²) in [6.07, 6.45) is -3.17. The molecule has 0 bridgehead atoms. The number of alkyl halides is 3. The molecule has 2 aromatic heterocycles. The lowest BCUT2D eigenvalue weighted by Gasteiger charge is -2.13. The lowest BCUT2D eigenvalue weighted by atomic mass is 10.0. The molecule has 5 rings (SSSR count). The first-order chi connectivity index (χ1) is 20.2. The van der Waals surface area contributed by atoms with E-state index in [9.17, 15) is 18.0 Å². The van der Waals surface area contributed by atoms with E-state index >= 15 is 0 Å². The lowest BCUT2D eigenvalue weighted by Crippen LogP contribution is -2.19. The highest BCUT2D eigenvalue weighted by Gasteiger charge is 2.34. The maximum absolute atomic E-state index is 13.8. The highest BCUT2D eigenvalue weighted by Crippen LogP contribution is 2.33. The van der Waals surface area contributed by atoms with Crippen LogP contribution in [0.5, 0.6) is 11.5 Å². The van der Waals surface area contributed by atoms with Crippen molar-refractivity contribution in [2.75, 3.05) is 14.2 Å². The van der Waals surface area contributed by atoms with Crippen LogP contribution in [0.15, 0.2) is 107 Å². The second-order valence-corrected chi connectivity index (χ2v) is 10.3. The molecule has 0 amide bonds. The van der Waals surface area contributed by atoms with E-state index in [1.807, 2.05) is 54.6 Å². The minimum Gasteiger partial charge on any atom is -0.493 e. The number of hydrogen-bond acceptors (Lipinski definition) is 6. The van der Waals surface area contributed by atoms with Gasteiger partial charge in [-0.3, -0.25) is 4.79 Å². The van der Waals surface area contributed by atoms with Crippen LogP contribution < -0.4 is 15.0 Å². The summed E-state index contributed by atoms with van der Waals surface area (Å²) in [7, 11) is 3.04. The van der Waals surface area contributed by atoms with Gasteiger partial charge in [-0.2, -0.15) is 13.2 Å². The molecule has 10 heteroatoms. The maximum atomic E-state index is 13.8. The number of halogens is 3. The molecule has 0 saturated carbocycles. The average Bonchev–Trinajstić information content (AvgIpc) is 3.01. The van der Waals surface area contributed by atoms with Crippen LogP contribution >= 0.6 is 11.8 Å². The molecule has 3 aromatic carbocycles. The summed E-state index contributed by atoms with van der Waals surface area (Å²) in [5.74, 6) is 1.43. The Hall–Kier alpha value is -4.57. The molecule has 0 aliphatic heterocycles. The molecule has 0 N–H and O–H groups in total. The molecule has 2 heterocycles. The molecule has 6 nitrogen and oxygen atoms in total. The van der Waals surface area contributed by atoms with Gasteiger partial charge in [-0.1, -0.05) is 72.4 Å². The largest absolute Gasteiger partial charge is 0.493 e. The van der Waals surface area contributed by atoms with Crippen LogP contribution in [0.4, 0.5) is 13.2 Å². The highest BCUT2D eigenvalue weighted by molar-refractivity contribution is 7.98. The fraction of sp³-hybridized carbons (Fsp3) is 0.156. The zero-order valence-electron chi connectivity index (χ0n) is 22.8. The second-order valence-electron chi connectivity index (χ2n) is 9.34. The Labute approximate surface area is 244 Å². The Morgan fingerprint density at radius 1 is 0.762 bits per heavy atom. The average molecular weight is 590 g/mol. The Bertz CT molecular complexity index is 1740. The molecule has 214 valence electrons. The van der Waals surface area contributed by atoms with E-state index in [2.05, 4.69) is 9.97 Å². The van der Waals surface area contributed by atoms with E-state index in [1.165, 1.54) is 37.1 Å². The van der Waals surface area contributed by atoms with Gasteiger partial charge in [0.15, 0.2) is 16.7 Å². The van der Waals surface area contributed by atoms with Crippen molar-refractivity contribution in [2.45, 2.75) is 23.6 Å². The number of thioether (sulfide) groups is 1. The van der Waals surface area contributed by atoms with Gasteiger partial charge in [0.1, 0.15) is 5.69 Å². The van der Waals surface area contributed by atoms with Crippen LogP contribution in [0.25, 0.3) is 22.4 Å². The molecular formula is C32H26F3N3O3S. The molecule has 0 aliphatic rings. The van der Waals surface area contributed by atoms with Gasteiger partial charge in [0.25, 0.3) is 5.56 Å². The SMILES string of the molecule is COc1ccc(Cn2cc(-c3cc(C(F)(F)F)nc(SCc4ccc(-c5ccccc5)cc4)n3)ccc2=O)cc1OC. The van der Waals surface area contributed by atoms with Crippen LogP contribution in [0.3, 0.4) is 0 Å². The predicted molar refractivity (Wildman–Crippen MR) is 157 cm³/mol. The van der Waals surface area contributed by atoms with Crippen molar-refractivity contribution >= 4 is 11.8 Å². The Morgan fingerprint density at radius 3 is 2.12 bits per heavy atom. The smallest absolute Gasteiger partial charge is 0.433 e. The third-order valence-corrected chi connectivity index (χ3v) is 7.42. The number of nitrogens with zero attached hydrogens (tertiary/aromatic N) is 3. The quantitative estimate of drug-likeness (QED) is 0.132. The number of benzene rings is 3. The maximum Gasteiger partial charge on any atom is 0.433 e. The molecular weight excluding hydrogens is 563 g/mol. The zero-order valence-corrected chi connectivity index (χ0v) is 23.6. The van der Waals surface area contributed by atoms with Gasteiger partial charge in [0.05, 0.1) is 26.5 Å². The summed E-state index contributed by atoms with van der Waals surface area (Å²) < 4.78 is 53.5. The number of hydrogen-bond donors (Lipinski definition) is 0. The molecule has 0 aliphatic carbocycles. The molecule has 42 heavy (non-hydrogen) atoms. The third kappa shape index (κ3) is 6.83. The van der Waals surface area contributed by atoms with Crippen molar-refractivity contribution in [1.82, 2.24) is 14.5 Å².